The number of thiophene rings is 1. The number of fused-ring (bicyclic) bond motifs is 1. The molecule has 0 spiro atoms. The first-order valence-electron chi connectivity index (χ1n) is 4.05. The Kier molecular flexibility index (Phi) is 2.58. The molecule has 0 saturated carbocycles. The van der Waals surface area contributed by atoms with Crippen molar-refractivity contribution in [3.63, 3.8) is 0 Å². The maximum Gasteiger partial charge on any atom is 0.265 e. The van der Waals surface area contributed by atoms with Crippen molar-refractivity contribution < 1.29 is 8.78 Å². The van der Waals surface area contributed by atoms with Gasteiger partial charge in [0, 0.05) is 25.5 Å². The predicted molar refractivity (Wildman–Crippen MR) is 59.2 cm³/mol. The van der Waals surface area contributed by atoms with Gasteiger partial charge < -0.3 is 0 Å². The van der Waals surface area contributed by atoms with Crippen LogP contribution in [0.25, 0.3) is 10.1 Å². The van der Waals surface area contributed by atoms with Crippen molar-refractivity contribution in [2.45, 2.75) is 13.3 Å². The first kappa shape index (κ1) is 10.1. The fourth-order valence-electron chi connectivity index (χ4n) is 1.42. The quantitative estimate of drug-likeness (QED) is 0.694. The predicted octanol–water partition coefficient (Wildman–Crippen LogP) is 4.91. The van der Waals surface area contributed by atoms with Crippen molar-refractivity contribution in [1.82, 2.24) is 0 Å². The standard InChI is InChI=1S/C10H7BrF2S/c1-5-2-6-7(10(12)13)4-14-9(6)8(11)3-5/h2-4,10H,1H3. The summed E-state index contributed by atoms with van der Waals surface area (Å²) in [4.78, 5) is 0. The van der Waals surface area contributed by atoms with E-state index < -0.39 is 6.43 Å². The fourth-order valence-corrected chi connectivity index (χ4v) is 3.22. The molecular formula is C10H7BrF2S. The minimum atomic E-state index is -2.39. The zero-order chi connectivity index (χ0) is 10.3. The van der Waals surface area contributed by atoms with Crippen molar-refractivity contribution in [2.24, 2.45) is 0 Å². The summed E-state index contributed by atoms with van der Waals surface area (Å²) in [5.74, 6) is 0. The van der Waals surface area contributed by atoms with Gasteiger partial charge in [-0.15, -0.1) is 11.3 Å². The van der Waals surface area contributed by atoms with E-state index in [0.717, 1.165) is 14.7 Å². The lowest BCUT2D eigenvalue weighted by atomic mass is 10.1. The maximum absolute atomic E-state index is 12.6. The topological polar surface area (TPSA) is 0 Å². The third kappa shape index (κ3) is 1.57. The van der Waals surface area contributed by atoms with E-state index in [1.54, 1.807) is 6.07 Å². The van der Waals surface area contributed by atoms with E-state index in [-0.39, 0.29) is 5.56 Å². The number of hydrogen-bond acceptors (Lipinski definition) is 1. The fraction of sp³-hybridized carbons (Fsp3) is 0.200. The van der Waals surface area contributed by atoms with Crippen molar-refractivity contribution >= 4 is 37.4 Å². The van der Waals surface area contributed by atoms with Gasteiger partial charge in [-0.25, -0.2) is 8.78 Å². The number of halogens is 3. The molecule has 0 radical (unpaired) electrons. The molecule has 2 rings (SSSR count). The summed E-state index contributed by atoms with van der Waals surface area (Å²) in [7, 11) is 0. The van der Waals surface area contributed by atoms with Crippen molar-refractivity contribution in [3.8, 4) is 0 Å². The van der Waals surface area contributed by atoms with Crippen LogP contribution in [0.15, 0.2) is 22.0 Å². The molecular weight excluding hydrogens is 270 g/mol. The third-order valence-electron chi connectivity index (χ3n) is 2.04. The molecule has 2 aromatic rings. The van der Waals surface area contributed by atoms with Crippen molar-refractivity contribution in [3.05, 3.63) is 33.1 Å². The maximum atomic E-state index is 12.6. The first-order chi connectivity index (χ1) is 6.59. The molecule has 0 aliphatic heterocycles. The molecule has 0 fully saturated rings. The number of benzene rings is 1. The van der Waals surface area contributed by atoms with E-state index in [4.69, 9.17) is 0 Å². The Morgan fingerprint density at radius 1 is 1.36 bits per heavy atom. The molecule has 0 N–H and O–H groups in total. The summed E-state index contributed by atoms with van der Waals surface area (Å²) < 4.78 is 27.0. The van der Waals surface area contributed by atoms with Crippen LogP contribution in [0.2, 0.25) is 0 Å². The highest BCUT2D eigenvalue weighted by atomic mass is 79.9. The molecule has 14 heavy (non-hydrogen) atoms. The average molecular weight is 277 g/mol. The first-order valence-corrected chi connectivity index (χ1v) is 5.72. The molecule has 0 bridgehead atoms. The highest BCUT2D eigenvalue weighted by molar-refractivity contribution is 9.10. The van der Waals surface area contributed by atoms with E-state index in [9.17, 15) is 8.78 Å². The van der Waals surface area contributed by atoms with Gasteiger partial charge in [0.15, 0.2) is 0 Å². The van der Waals surface area contributed by atoms with Gasteiger partial charge in [-0.1, -0.05) is 6.07 Å². The van der Waals surface area contributed by atoms with Crippen LogP contribution in [0, 0.1) is 6.92 Å². The summed E-state index contributed by atoms with van der Waals surface area (Å²) in [6.45, 7) is 1.90. The third-order valence-corrected chi connectivity index (χ3v) is 3.97. The minimum absolute atomic E-state index is 0.134. The van der Waals surface area contributed by atoms with Gasteiger partial charge in [0.2, 0.25) is 0 Å². The molecule has 0 nitrogen and oxygen atoms in total. The Morgan fingerprint density at radius 2 is 2.07 bits per heavy atom. The van der Waals surface area contributed by atoms with Crippen LogP contribution >= 0.6 is 27.3 Å². The number of hydrogen-bond donors (Lipinski definition) is 0. The van der Waals surface area contributed by atoms with E-state index >= 15 is 0 Å². The molecule has 74 valence electrons. The lowest BCUT2D eigenvalue weighted by Gasteiger charge is -2.00. The molecule has 1 aromatic carbocycles. The van der Waals surface area contributed by atoms with Gasteiger partial charge in [-0.2, -0.15) is 0 Å². The van der Waals surface area contributed by atoms with Crippen LogP contribution in [-0.2, 0) is 0 Å². The van der Waals surface area contributed by atoms with Crippen molar-refractivity contribution in [2.75, 3.05) is 0 Å². The lowest BCUT2D eigenvalue weighted by molar-refractivity contribution is 0.153. The number of rotatable bonds is 1. The van der Waals surface area contributed by atoms with Gasteiger partial charge >= 0.3 is 0 Å². The van der Waals surface area contributed by atoms with Crippen LogP contribution in [0.4, 0.5) is 8.78 Å². The number of alkyl halides is 2. The van der Waals surface area contributed by atoms with E-state index in [1.165, 1.54) is 16.7 Å². The zero-order valence-corrected chi connectivity index (χ0v) is 9.75. The largest absolute Gasteiger partial charge is 0.265 e. The van der Waals surface area contributed by atoms with Crippen LogP contribution in [-0.4, -0.2) is 0 Å². The van der Waals surface area contributed by atoms with E-state index in [2.05, 4.69) is 15.9 Å². The van der Waals surface area contributed by atoms with Crippen LogP contribution < -0.4 is 0 Å². The van der Waals surface area contributed by atoms with E-state index in [1.807, 2.05) is 13.0 Å². The highest BCUT2D eigenvalue weighted by Gasteiger charge is 2.14. The van der Waals surface area contributed by atoms with Gasteiger partial charge in [0.1, 0.15) is 0 Å². The molecule has 4 heteroatoms. The molecule has 0 aliphatic carbocycles. The van der Waals surface area contributed by atoms with Gasteiger partial charge in [-0.3, -0.25) is 0 Å². The second-order valence-electron chi connectivity index (χ2n) is 3.12. The normalized spacial score (nSPS) is 11.5. The smallest absolute Gasteiger partial charge is 0.205 e. The molecule has 0 aliphatic rings. The van der Waals surface area contributed by atoms with Gasteiger partial charge in [0.25, 0.3) is 6.43 Å². The highest BCUT2D eigenvalue weighted by Crippen LogP contribution is 2.37. The average Bonchev–Trinajstić information content (AvgIpc) is 2.47. The molecule has 0 amide bonds. The molecule has 1 aromatic heterocycles. The summed E-state index contributed by atoms with van der Waals surface area (Å²) in [6.07, 6.45) is -2.39. The monoisotopic (exact) mass is 276 g/mol. The molecule has 0 atom stereocenters. The Hall–Kier alpha value is -0.480. The number of aryl methyl sites for hydroxylation is 1. The van der Waals surface area contributed by atoms with Crippen LogP contribution in [0.5, 0.6) is 0 Å². The summed E-state index contributed by atoms with van der Waals surface area (Å²) in [5, 5.41) is 2.19. The van der Waals surface area contributed by atoms with Gasteiger partial charge in [0.05, 0.1) is 0 Å². The lowest BCUT2D eigenvalue weighted by Crippen LogP contribution is -1.81. The van der Waals surface area contributed by atoms with Crippen molar-refractivity contribution in [1.29, 1.82) is 0 Å². The summed E-state index contributed by atoms with van der Waals surface area (Å²) in [5.41, 5.74) is 1.12. The molecule has 0 saturated heterocycles. The molecule has 0 unspecified atom stereocenters. The minimum Gasteiger partial charge on any atom is -0.205 e. The second kappa shape index (κ2) is 3.59. The van der Waals surface area contributed by atoms with E-state index in [0.29, 0.717) is 5.39 Å². The Bertz CT molecular complexity index is 476. The zero-order valence-electron chi connectivity index (χ0n) is 7.35. The Morgan fingerprint density at radius 3 is 2.71 bits per heavy atom. The van der Waals surface area contributed by atoms with Gasteiger partial charge in [-0.05, 0) is 34.5 Å². The summed E-state index contributed by atoms with van der Waals surface area (Å²) in [6, 6.07) is 3.74. The summed E-state index contributed by atoms with van der Waals surface area (Å²) >= 11 is 4.73. The van der Waals surface area contributed by atoms with Crippen LogP contribution in [0.1, 0.15) is 17.6 Å². The van der Waals surface area contributed by atoms with Crippen LogP contribution in [0.3, 0.4) is 0 Å². The Labute approximate surface area is 92.7 Å². The SMILES string of the molecule is Cc1cc(Br)c2scc(C(F)F)c2c1. The second-order valence-corrected chi connectivity index (χ2v) is 4.85. The Balaban J connectivity index is 2.78. The molecule has 1 heterocycles.